The molecule has 19 heavy (non-hydrogen) atoms. The quantitative estimate of drug-likeness (QED) is 0.680. The lowest BCUT2D eigenvalue weighted by Gasteiger charge is -2.36. The summed E-state index contributed by atoms with van der Waals surface area (Å²) in [6.45, 7) is 10.6. The first-order valence-corrected chi connectivity index (χ1v) is 9.09. The Kier molecular flexibility index (Phi) is 4.30. The molecular formula is C14H22O4Si. The molecule has 0 unspecified atom stereocenters. The minimum absolute atomic E-state index is 0.00314. The van der Waals surface area contributed by atoms with Crippen LogP contribution in [0, 0.1) is 0 Å². The number of hydrogen-bond acceptors (Lipinski definition) is 4. The number of phenols is 1. The highest BCUT2D eigenvalue weighted by molar-refractivity contribution is 6.74. The van der Waals surface area contributed by atoms with Gasteiger partial charge in [0.2, 0.25) is 8.32 Å². The Morgan fingerprint density at radius 2 is 1.79 bits per heavy atom. The van der Waals surface area contributed by atoms with E-state index in [1.165, 1.54) is 19.2 Å². The van der Waals surface area contributed by atoms with Crippen LogP contribution in [-0.4, -0.2) is 26.5 Å². The molecule has 0 heterocycles. The maximum absolute atomic E-state index is 11.5. The van der Waals surface area contributed by atoms with Crippen LogP contribution in [0.2, 0.25) is 18.1 Å². The smallest absolute Gasteiger partial charge is 0.338 e. The highest BCUT2D eigenvalue weighted by Crippen LogP contribution is 2.38. The number of carbonyl (C=O) groups is 1. The second kappa shape index (κ2) is 5.25. The Morgan fingerprint density at radius 1 is 1.21 bits per heavy atom. The Balaban J connectivity index is 3.09. The van der Waals surface area contributed by atoms with Gasteiger partial charge in [-0.05, 0) is 30.3 Å². The normalized spacial score (nSPS) is 12.1. The molecule has 0 atom stereocenters. The van der Waals surface area contributed by atoms with Crippen LogP contribution in [0.5, 0.6) is 11.5 Å². The van der Waals surface area contributed by atoms with Crippen LogP contribution in [0.4, 0.5) is 0 Å². The van der Waals surface area contributed by atoms with E-state index in [0.29, 0.717) is 5.75 Å². The lowest BCUT2D eigenvalue weighted by atomic mass is 10.2. The highest BCUT2D eigenvalue weighted by atomic mass is 28.4. The summed E-state index contributed by atoms with van der Waals surface area (Å²) >= 11 is 0. The van der Waals surface area contributed by atoms with E-state index in [1.807, 2.05) is 0 Å². The molecule has 0 spiro atoms. The molecule has 0 radical (unpaired) electrons. The summed E-state index contributed by atoms with van der Waals surface area (Å²) in [6.07, 6.45) is 0. The van der Waals surface area contributed by atoms with Crippen molar-refractivity contribution < 1.29 is 19.1 Å². The third-order valence-electron chi connectivity index (χ3n) is 3.49. The zero-order chi connectivity index (χ0) is 14.8. The van der Waals surface area contributed by atoms with Crippen molar-refractivity contribution in [2.24, 2.45) is 0 Å². The van der Waals surface area contributed by atoms with Crippen LogP contribution in [-0.2, 0) is 4.74 Å². The number of aromatic hydroxyl groups is 1. The Bertz CT molecular complexity index is 475. The van der Waals surface area contributed by atoms with Crippen molar-refractivity contribution >= 4 is 14.3 Å². The van der Waals surface area contributed by atoms with Gasteiger partial charge >= 0.3 is 5.97 Å². The van der Waals surface area contributed by atoms with Crippen molar-refractivity contribution in [3.05, 3.63) is 23.8 Å². The van der Waals surface area contributed by atoms with Crippen molar-refractivity contribution in [2.45, 2.75) is 38.9 Å². The van der Waals surface area contributed by atoms with Gasteiger partial charge in [0.1, 0.15) is 11.5 Å². The third-order valence-corrected chi connectivity index (χ3v) is 7.85. The number of hydrogen-bond donors (Lipinski definition) is 1. The minimum atomic E-state index is -2.00. The van der Waals surface area contributed by atoms with E-state index >= 15 is 0 Å². The molecule has 0 aliphatic heterocycles. The molecule has 0 aromatic heterocycles. The summed E-state index contributed by atoms with van der Waals surface area (Å²) in [4.78, 5) is 11.5. The molecule has 0 saturated carbocycles. The molecule has 0 bridgehead atoms. The number of esters is 1. The Morgan fingerprint density at radius 3 is 2.26 bits per heavy atom. The molecule has 0 fully saturated rings. The van der Waals surface area contributed by atoms with Gasteiger partial charge in [-0.3, -0.25) is 0 Å². The summed E-state index contributed by atoms with van der Waals surface area (Å²) in [5.41, 5.74) is 0.288. The van der Waals surface area contributed by atoms with Crippen LogP contribution < -0.4 is 4.43 Å². The van der Waals surface area contributed by atoms with E-state index in [2.05, 4.69) is 38.6 Å². The van der Waals surface area contributed by atoms with Gasteiger partial charge in [-0.1, -0.05) is 20.8 Å². The second-order valence-corrected chi connectivity index (χ2v) is 10.8. The molecule has 1 N–H and O–H groups in total. The van der Waals surface area contributed by atoms with Gasteiger partial charge in [-0.15, -0.1) is 0 Å². The van der Waals surface area contributed by atoms with Gasteiger partial charge in [0.15, 0.2) is 0 Å². The minimum Gasteiger partial charge on any atom is -0.543 e. The molecule has 0 aliphatic rings. The van der Waals surface area contributed by atoms with Crippen LogP contribution in [0.15, 0.2) is 18.2 Å². The third kappa shape index (κ3) is 3.73. The molecule has 0 aliphatic carbocycles. The van der Waals surface area contributed by atoms with Gasteiger partial charge in [-0.25, -0.2) is 4.79 Å². The molecule has 0 saturated heterocycles. The standard InChI is InChI=1S/C14H22O4Si/c1-14(2,3)19(5,6)18-12-8-10(13(16)17-4)7-11(15)9-12/h7-9,15H,1-6H3. The Labute approximate surface area is 115 Å². The monoisotopic (exact) mass is 282 g/mol. The summed E-state index contributed by atoms with van der Waals surface area (Å²) in [7, 11) is -0.693. The molecule has 5 heteroatoms. The maximum Gasteiger partial charge on any atom is 0.338 e. The van der Waals surface area contributed by atoms with Gasteiger partial charge in [0, 0.05) is 6.07 Å². The summed E-state index contributed by atoms with van der Waals surface area (Å²) in [5, 5.41) is 9.71. The van der Waals surface area contributed by atoms with Crippen molar-refractivity contribution in [1.82, 2.24) is 0 Å². The van der Waals surface area contributed by atoms with Gasteiger partial charge in [0.05, 0.1) is 12.7 Å². The molecular weight excluding hydrogens is 260 g/mol. The fourth-order valence-corrected chi connectivity index (χ4v) is 2.34. The molecule has 106 valence electrons. The topological polar surface area (TPSA) is 55.8 Å². The summed E-state index contributed by atoms with van der Waals surface area (Å²) < 4.78 is 10.7. The fourth-order valence-electron chi connectivity index (χ4n) is 1.33. The average Bonchev–Trinajstić information content (AvgIpc) is 2.24. The molecule has 1 aromatic rings. The lowest BCUT2D eigenvalue weighted by molar-refractivity contribution is 0.0600. The SMILES string of the molecule is COC(=O)c1cc(O)cc(O[Si](C)(C)C(C)(C)C)c1. The largest absolute Gasteiger partial charge is 0.543 e. The number of rotatable bonds is 3. The van der Waals surface area contributed by atoms with Gasteiger partial charge in [0.25, 0.3) is 0 Å². The molecule has 1 rings (SSSR count). The van der Waals surface area contributed by atoms with Crippen molar-refractivity contribution in [1.29, 1.82) is 0 Å². The molecule has 0 amide bonds. The number of benzene rings is 1. The molecule has 4 nitrogen and oxygen atoms in total. The predicted octanol–water partition coefficient (Wildman–Crippen LogP) is 3.56. The van der Waals surface area contributed by atoms with E-state index in [4.69, 9.17) is 4.43 Å². The van der Waals surface area contributed by atoms with Gasteiger partial charge in [-0.2, -0.15) is 0 Å². The van der Waals surface area contributed by atoms with Crippen molar-refractivity contribution in [3.63, 3.8) is 0 Å². The maximum atomic E-state index is 11.5. The average molecular weight is 282 g/mol. The first-order valence-electron chi connectivity index (χ1n) is 6.18. The van der Waals surface area contributed by atoms with E-state index in [-0.39, 0.29) is 16.4 Å². The summed E-state index contributed by atoms with van der Waals surface area (Å²) in [6, 6.07) is 4.49. The summed E-state index contributed by atoms with van der Waals surface area (Å²) in [5.74, 6) is 0.0135. The van der Waals surface area contributed by atoms with E-state index in [0.717, 1.165) is 0 Å². The van der Waals surface area contributed by atoms with Crippen LogP contribution in [0.3, 0.4) is 0 Å². The zero-order valence-electron chi connectivity index (χ0n) is 12.4. The van der Waals surface area contributed by atoms with Crippen LogP contribution in [0.25, 0.3) is 0 Å². The van der Waals surface area contributed by atoms with Gasteiger partial charge < -0.3 is 14.3 Å². The predicted molar refractivity (Wildman–Crippen MR) is 77.3 cm³/mol. The van der Waals surface area contributed by atoms with Crippen LogP contribution in [0.1, 0.15) is 31.1 Å². The van der Waals surface area contributed by atoms with Crippen LogP contribution >= 0.6 is 0 Å². The fraction of sp³-hybridized carbons (Fsp3) is 0.500. The second-order valence-electron chi connectivity index (χ2n) is 6.07. The van der Waals surface area contributed by atoms with Crippen molar-refractivity contribution in [2.75, 3.05) is 7.11 Å². The lowest BCUT2D eigenvalue weighted by Crippen LogP contribution is -2.43. The van der Waals surface area contributed by atoms with E-state index in [1.54, 1.807) is 6.07 Å². The highest BCUT2D eigenvalue weighted by Gasteiger charge is 2.39. The Hall–Kier alpha value is -1.49. The zero-order valence-corrected chi connectivity index (χ0v) is 13.4. The first kappa shape index (κ1) is 15.6. The van der Waals surface area contributed by atoms with E-state index < -0.39 is 14.3 Å². The number of methoxy groups -OCH3 is 1. The number of phenolic OH excluding ortho intramolecular Hbond substituents is 1. The number of carbonyl (C=O) groups excluding carboxylic acids is 1. The number of ether oxygens (including phenoxy) is 1. The van der Waals surface area contributed by atoms with E-state index in [9.17, 15) is 9.90 Å². The first-order chi connectivity index (χ1) is 8.56. The van der Waals surface area contributed by atoms with Crippen molar-refractivity contribution in [3.8, 4) is 11.5 Å². The molecule has 1 aromatic carbocycles.